The Bertz CT molecular complexity index is 1320. The Labute approximate surface area is 213 Å². The number of ether oxygens (including phenoxy) is 1. The number of aliphatic carboxylic acids is 1. The topological polar surface area (TPSA) is 115 Å². The minimum Gasteiger partial charge on any atom is -0.481 e. The Morgan fingerprint density at radius 3 is 2.69 bits per heavy atom. The summed E-state index contributed by atoms with van der Waals surface area (Å²) in [5.41, 5.74) is 2.47. The molecule has 36 heavy (non-hydrogen) atoms. The third-order valence-corrected chi connectivity index (χ3v) is 6.36. The predicted molar refractivity (Wildman–Crippen MR) is 136 cm³/mol. The summed E-state index contributed by atoms with van der Waals surface area (Å²) >= 11 is 6.32. The molecule has 186 valence electrons. The summed E-state index contributed by atoms with van der Waals surface area (Å²) in [6.45, 7) is 2.65. The lowest BCUT2D eigenvalue weighted by atomic mass is 9.70. The van der Waals surface area contributed by atoms with E-state index in [-0.39, 0.29) is 34.9 Å². The van der Waals surface area contributed by atoms with Gasteiger partial charge in [0, 0.05) is 36.1 Å². The highest BCUT2D eigenvalue weighted by Crippen LogP contribution is 2.44. The molecule has 8 nitrogen and oxygen atoms in total. The molecule has 0 fully saturated rings. The van der Waals surface area contributed by atoms with Crippen LogP contribution in [0.3, 0.4) is 0 Å². The van der Waals surface area contributed by atoms with Gasteiger partial charge in [-0.2, -0.15) is 4.98 Å². The third kappa shape index (κ3) is 5.56. The van der Waals surface area contributed by atoms with Crippen molar-refractivity contribution in [3.05, 3.63) is 88.8 Å². The molecule has 2 unspecified atom stereocenters. The van der Waals surface area contributed by atoms with Crippen molar-refractivity contribution in [3.63, 3.8) is 0 Å². The van der Waals surface area contributed by atoms with Gasteiger partial charge in [-0.1, -0.05) is 78.3 Å². The van der Waals surface area contributed by atoms with Gasteiger partial charge in [0.1, 0.15) is 0 Å². The minimum atomic E-state index is -0.995. The van der Waals surface area contributed by atoms with Gasteiger partial charge in [-0.3, -0.25) is 9.59 Å². The summed E-state index contributed by atoms with van der Waals surface area (Å²) in [7, 11) is 1.68. The molecule has 1 aromatic heterocycles. The first kappa shape index (κ1) is 25.3. The number of aromatic nitrogens is 2. The number of benzene rings is 2. The molecule has 0 saturated heterocycles. The maximum atomic E-state index is 12.3. The maximum Gasteiger partial charge on any atom is 0.305 e. The van der Waals surface area contributed by atoms with Crippen molar-refractivity contribution in [3.8, 4) is 11.4 Å². The van der Waals surface area contributed by atoms with Gasteiger partial charge in [-0.25, -0.2) is 0 Å². The van der Waals surface area contributed by atoms with E-state index >= 15 is 0 Å². The number of amides is 1. The van der Waals surface area contributed by atoms with Crippen molar-refractivity contribution in [2.45, 2.75) is 19.3 Å². The average Bonchev–Trinajstić information content (AvgIpc) is 3.34. The summed E-state index contributed by atoms with van der Waals surface area (Å²) in [4.78, 5) is 27.5. The fraction of sp³-hybridized carbons (Fsp3) is 0.259. The number of hydrogen-bond donors (Lipinski definition) is 2. The summed E-state index contributed by atoms with van der Waals surface area (Å²) < 4.78 is 11.1. The highest BCUT2D eigenvalue weighted by Gasteiger charge is 2.35. The minimum absolute atomic E-state index is 0.0101. The molecule has 9 heteroatoms. The molecule has 0 aliphatic heterocycles. The zero-order valence-electron chi connectivity index (χ0n) is 19.9. The number of methoxy groups -OCH3 is 1. The third-order valence-electron chi connectivity index (χ3n) is 6.05. The monoisotopic (exact) mass is 507 g/mol. The molecule has 3 aromatic rings. The van der Waals surface area contributed by atoms with Gasteiger partial charge in [0.05, 0.1) is 23.6 Å². The zero-order chi connectivity index (χ0) is 25.7. The Morgan fingerprint density at radius 1 is 1.22 bits per heavy atom. The quantitative estimate of drug-likeness (QED) is 0.419. The fourth-order valence-electron chi connectivity index (χ4n) is 4.32. The van der Waals surface area contributed by atoms with Crippen molar-refractivity contribution in [2.24, 2.45) is 5.41 Å². The van der Waals surface area contributed by atoms with Crippen LogP contribution in [-0.2, 0) is 9.53 Å². The number of carbonyl (C=O) groups excluding carboxylic acids is 1. The molecule has 2 atom stereocenters. The standard InChI is InChI=1S/C27H26ClN3O5/c1-27(16-35-2)15-19(9-11-21(27)17-6-4-3-5-7-17)26-30-24(31-36-26)18-8-10-20(22(28)14-18)25(34)29-13-12-23(32)33/h3-11,14-15,21H,12-13,16H2,1-2H3,(H,29,34)(H,32,33). The van der Waals surface area contributed by atoms with Crippen LogP contribution in [-0.4, -0.2) is 47.4 Å². The summed E-state index contributed by atoms with van der Waals surface area (Å²) in [6, 6.07) is 15.0. The molecular formula is C27H26ClN3O5. The molecular weight excluding hydrogens is 482 g/mol. The second-order valence-corrected chi connectivity index (χ2v) is 9.21. The maximum absolute atomic E-state index is 12.3. The van der Waals surface area contributed by atoms with Crippen LogP contribution in [0.5, 0.6) is 0 Å². The normalized spacial score (nSPS) is 19.1. The van der Waals surface area contributed by atoms with Crippen molar-refractivity contribution in [1.29, 1.82) is 0 Å². The Balaban J connectivity index is 1.55. The van der Waals surface area contributed by atoms with Crippen LogP contribution in [0.15, 0.2) is 71.3 Å². The first-order valence-electron chi connectivity index (χ1n) is 11.4. The first-order valence-corrected chi connectivity index (χ1v) is 11.8. The lowest BCUT2D eigenvalue weighted by Gasteiger charge is -2.36. The van der Waals surface area contributed by atoms with Gasteiger partial charge >= 0.3 is 5.97 Å². The Morgan fingerprint density at radius 2 is 2.00 bits per heavy atom. The average molecular weight is 508 g/mol. The van der Waals surface area contributed by atoms with Gasteiger partial charge in [-0.15, -0.1) is 0 Å². The number of hydrogen-bond acceptors (Lipinski definition) is 6. The van der Waals surface area contributed by atoms with Gasteiger partial charge in [0.2, 0.25) is 5.82 Å². The predicted octanol–water partition coefficient (Wildman–Crippen LogP) is 4.98. The van der Waals surface area contributed by atoms with Crippen LogP contribution in [0.4, 0.5) is 0 Å². The van der Waals surface area contributed by atoms with E-state index in [4.69, 9.17) is 26.0 Å². The number of halogens is 1. The van der Waals surface area contributed by atoms with E-state index in [0.717, 1.165) is 5.57 Å². The van der Waals surface area contributed by atoms with Gasteiger partial charge in [0.25, 0.3) is 11.8 Å². The van der Waals surface area contributed by atoms with Crippen LogP contribution < -0.4 is 5.32 Å². The van der Waals surface area contributed by atoms with E-state index in [1.54, 1.807) is 25.3 Å². The highest BCUT2D eigenvalue weighted by atomic mass is 35.5. The largest absolute Gasteiger partial charge is 0.481 e. The Hall–Kier alpha value is -3.75. The lowest BCUT2D eigenvalue weighted by Crippen LogP contribution is -2.29. The smallest absolute Gasteiger partial charge is 0.305 e. The van der Waals surface area contributed by atoms with Crippen LogP contribution >= 0.6 is 11.6 Å². The highest BCUT2D eigenvalue weighted by molar-refractivity contribution is 6.34. The fourth-order valence-corrected chi connectivity index (χ4v) is 4.58. The molecule has 1 aliphatic rings. The van der Waals surface area contributed by atoms with Crippen molar-refractivity contribution < 1.29 is 24.0 Å². The van der Waals surface area contributed by atoms with Crippen molar-refractivity contribution in [2.75, 3.05) is 20.3 Å². The van der Waals surface area contributed by atoms with Gasteiger partial charge in [-0.05, 0) is 17.7 Å². The number of rotatable bonds is 9. The molecule has 2 aromatic carbocycles. The second kappa shape index (κ2) is 10.9. The summed E-state index contributed by atoms with van der Waals surface area (Å²) in [5, 5.41) is 15.5. The van der Waals surface area contributed by atoms with Crippen LogP contribution in [0.25, 0.3) is 17.0 Å². The molecule has 0 bridgehead atoms. The van der Waals surface area contributed by atoms with Crippen molar-refractivity contribution >= 4 is 29.1 Å². The van der Waals surface area contributed by atoms with E-state index in [1.165, 1.54) is 5.56 Å². The van der Waals surface area contributed by atoms with E-state index < -0.39 is 11.9 Å². The van der Waals surface area contributed by atoms with E-state index in [9.17, 15) is 9.59 Å². The van der Waals surface area contributed by atoms with E-state index in [0.29, 0.717) is 23.9 Å². The number of nitrogens with zero attached hydrogens (tertiary/aromatic N) is 2. The first-order chi connectivity index (χ1) is 17.3. The molecule has 0 spiro atoms. The second-order valence-electron chi connectivity index (χ2n) is 8.80. The van der Waals surface area contributed by atoms with Crippen LogP contribution in [0.1, 0.15) is 41.1 Å². The summed E-state index contributed by atoms with van der Waals surface area (Å²) in [6.07, 6.45) is 6.03. The molecule has 1 aliphatic carbocycles. The zero-order valence-corrected chi connectivity index (χ0v) is 20.7. The molecule has 2 N–H and O–H groups in total. The van der Waals surface area contributed by atoms with Crippen LogP contribution in [0.2, 0.25) is 5.02 Å². The number of carboxylic acid groups (broad SMARTS) is 1. The molecule has 1 amide bonds. The van der Waals surface area contributed by atoms with Crippen molar-refractivity contribution in [1.82, 2.24) is 15.5 Å². The lowest BCUT2D eigenvalue weighted by molar-refractivity contribution is -0.136. The SMILES string of the molecule is COCC1(C)C=C(c2nc(-c3ccc(C(=O)NCCC(=O)O)c(Cl)c3)no2)C=CC1c1ccccc1. The number of carbonyl (C=O) groups is 2. The molecule has 1 heterocycles. The number of nitrogens with one attached hydrogen (secondary N) is 1. The van der Waals surface area contributed by atoms with Crippen LogP contribution in [0, 0.1) is 5.41 Å². The number of carboxylic acids is 1. The Kier molecular flexibility index (Phi) is 7.67. The molecule has 0 saturated carbocycles. The van der Waals surface area contributed by atoms with Gasteiger partial charge < -0.3 is 19.7 Å². The van der Waals surface area contributed by atoms with Gasteiger partial charge in [0.15, 0.2) is 0 Å². The molecule has 0 radical (unpaired) electrons. The van der Waals surface area contributed by atoms with E-state index in [2.05, 4.69) is 46.7 Å². The molecule has 4 rings (SSSR count). The summed E-state index contributed by atoms with van der Waals surface area (Å²) in [5.74, 6) is -0.632. The number of allylic oxidation sites excluding steroid dienone is 3. The van der Waals surface area contributed by atoms with E-state index in [1.807, 2.05) is 24.3 Å².